The van der Waals surface area contributed by atoms with Crippen LogP contribution in [0.25, 0.3) is 0 Å². The van der Waals surface area contributed by atoms with E-state index >= 15 is 0 Å². The lowest BCUT2D eigenvalue weighted by atomic mass is 9.97. The number of ether oxygens (including phenoxy) is 1. The Kier molecular flexibility index (Phi) is 5.97. The van der Waals surface area contributed by atoms with Crippen LogP contribution in [0.2, 0.25) is 0 Å². The Bertz CT molecular complexity index is 623. The third kappa shape index (κ3) is 4.21. The highest BCUT2D eigenvalue weighted by molar-refractivity contribution is 7.89. The second kappa shape index (κ2) is 7.76. The minimum absolute atomic E-state index is 0.0445. The van der Waals surface area contributed by atoms with Crippen molar-refractivity contribution < 1.29 is 17.9 Å². The molecule has 0 unspecified atom stereocenters. The summed E-state index contributed by atoms with van der Waals surface area (Å²) < 4.78 is 31.7. The Morgan fingerprint density at radius 1 is 1.30 bits per heavy atom. The van der Waals surface area contributed by atoms with Gasteiger partial charge < -0.3 is 15.8 Å². The lowest BCUT2D eigenvalue weighted by molar-refractivity contribution is -0.126. The van der Waals surface area contributed by atoms with Crippen LogP contribution in [-0.4, -0.2) is 51.9 Å². The van der Waals surface area contributed by atoms with Gasteiger partial charge in [0.25, 0.3) is 0 Å². The fourth-order valence-electron chi connectivity index (χ4n) is 2.59. The van der Waals surface area contributed by atoms with Crippen LogP contribution in [0.5, 0.6) is 5.75 Å². The third-order valence-corrected chi connectivity index (χ3v) is 5.88. The van der Waals surface area contributed by atoms with Crippen LogP contribution in [0.15, 0.2) is 29.2 Å². The number of piperidine rings is 1. The molecular formula is C15H23N3O4S. The van der Waals surface area contributed by atoms with Crippen LogP contribution >= 0.6 is 0 Å². The van der Waals surface area contributed by atoms with Gasteiger partial charge in [0.2, 0.25) is 15.9 Å². The van der Waals surface area contributed by atoms with Crippen LogP contribution in [0.3, 0.4) is 0 Å². The summed E-state index contributed by atoms with van der Waals surface area (Å²) in [7, 11) is -2.00. The summed E-state index contributed by atoms with van der Waals surface area (Å²) >= 11 is 0. The van der Waals surface area contributed by atoms with Crippen molar-refractivity contribution in [3.63, 3.8) is 0 Å². The number of carbonyl (C=O) groups excluding carboxylic acids is 1. The molecule has 1 aromatic carbocycles. The Morgan fingerprint density at radius 2 is 1.91 bits per heavy atom. The Labute approximate surface area is 136 Å². The molecule has 23 heavy (non-hydrogen) atoms. The summed E-state index contributed by atoms with van der Waals surface area (Å²) in [6.45, 7) is 1.53. The van der Waals surface area contributed by atoms with E-state index in [4.69, 9.17) is 10.5 Å². The van der Waals surface area contributed by atoms with Crippen molar-refractivity contribution in [1.82, 2.24) is 9.62 Å². The van der Waals surface area contributed by atoms with Gasteiger partial charge in [0.1, 0.15) is 5.75 Å². The van der Waals surface area contributed by atoms with Gasteiger partial charge in [0.05, 0.1) is 12.0 Å². The van der Waals surface area contributed by atoms with Gasteiger partial charge in [0.15, 0.2) is 0 Å². The molecule has 7 nitrogen and oxygen atoms in total. The SMILES string of the molecule is COc1ccc(S(=O)(=O)N2CCC(C(=O)NCCN)CC2)cc1. The largest absolute Gasteiger partial charge is 0.497 e. The molecule has 0 bridgehead atoms. The van der Waals surface area contributed by atoms with Gasteiger partial charge in [-0.25, -0.2) is 8.42 Å². The molecule has 0 aliphatic carbocycles. The number of nitrogens with two attached hydrogens (primary N) is 1. The first-order valence-electron chi connectivity index (χ1n) is 7.61. The summed E-state index contributed by atoms with van der Waals surface area (Å²) in [5, 5.41) is 2.75. The number of hydrogen-bond acceptors (Lipinski definition) is 5. The van der Waals surface area contributed by atoms with Gasteiger partial charge in [0, 0.05) is 32.1 Å². The molecule has 0 saturated carbocycles. The standard InChI is InChI=1S/C15H23N3O4S/c1-22-13-2-4-14(5-3-13)23(20,21)18-10-6-12(7-11-18)15(19)17-9-8-16/h2-5,12H,6-11,16H2,1H3,(H,17,19). The average molecular weight is 341 g/mol. The van der Waals surface area contributed by atoms with E-state index in [-0.39, 0.29) is 16.7 Å². The van der Waals surface area contributed by atoms with E-state index in [0.29, 0.717) is 44.8 Å². The van der Waals surface area contributed by atoms with E-state index in [0.717, 1.165) is 0 Å². The van der Waals surface area contributed by atoms with Gasteiger partial charge in [-0.1, -0.05) is 0 Å². The van der Waals surface area contributed by atoms with Crippen molar-refractivity contribution in [3.8, 4) is 5.75 Å². The predicted molar refractivity (Wildman–Crippen MR) is 86.5 cm³/mol. The fraction of sp³-hybridized carbons (Fsp3) is 0.533. The molecule has 1 fully saturated rings. The van der Waals surface area contributed by atoms with Crippen molar-refractivity contribution >= 4 is 15.9 Å². The maximum Gasteiger partial charge on any atom is 0.243 e. The molecule has 0 atom stereocenters. The fourth-order valence-corrected chi connectivity index (χ4v) is 4.06. The minimum Gasteiger partial charge on any atom is -0.497 e. The third-order valence-electron chi connectivity index (χ3n) is 3.97. The zero-order chi connectivity index (χ0) is 16.9. The van der Waals surface area contributed by atoms with Gasteiger partial charge in [-0.3, -0.25) is 4.79 Å². The van der Waals surface area contributed by atoms with E-state index < -0.39 is 10.0 Å². The van der Waals surface area contributed by atoms with Crippen LogP contribution in [-0.2, 0) is 14.8 Å². The van der Waals surface area contributed by atoms with Crippen molar-refractivity contribution in [1.29, 1.82) is 0 Å². The number of sulfonamides is 1. The van der Waals surface area contributed by atoms with Gasteiger partial charge >= 0.3 is 0 Å². The zero-order valence-corrected chi connectivity index (χ0v) is 14.0. The number of nitrogens with one attached hydrogen (secondary N) is 1. The minimum atomic E-state index is -3.53. The first kappa shape index (κ1) is 17.7. The molecule has 8 heteroatoms. The number of amides is 1. The molecule has 2 rings (SSSR count). The Hall–Kier alpha value is -1.64. The van der Waals surface area contributed by atoms with Crippen molar-refractivity contribution in [2.75, 3.05) is 33.3 Å². The second-order valence-electron chi connectivity index (χ2n) is 5.43. The normalized spacial score (nSPS) is 17.0. The first-order valence-corrected chi connectivity index (χ1v) is 9.05. The molecule has 1 aromatic rings. The smallest absolute Gasteiger partial charge is 0.243 e. The monoisotopic (exact) mass is 341 g/mol. The van der Waals surface area contributed by atoms with Crippen LogP contribution in [0.4, 0.5) is 0 Å². The van der Waals surface area contributed by atoms with Crippen molar-refractivity contribution in [2.24, 2.45) is 11.7 Å². The van der Waals surface area contributed by atoms with E-state index in [1.807, 2.05) is 0 Å². The lowest BCUT2D eigenvalue weighted by Crippen LogP contribution is -2.43. The Morgan fingerprint density at radius 3 is 2.43 bits per heavy atom. The van der Waals surface area contributed by atoms with E-state index in [2.05, 4.69) is 5.32 Å². The van der Waals surface area contributed by atoms with Gasteiger partial charge in [-0.05, 0) is 37.1 Å². The highest BCUT2D eigenvalue weighted by Gasteiger charge is 2.31. The molecule has 0 radical (unpaired) electrons. The quantitative estimate of drug-likeness (QED) is 0.768. The maximum atomic E-state index is 12.6. The summed E-state index contributed by atoms with van der Waals surface area (Å²) in [5.41, 5.74) is 5.36. The summed E-state index contributed by atoms with van der Waals surface area (Å²) in [6, 6.07) is 6.32. The number of carbonyl (C=O) groups is 1. The van der Waals surface area contributed by atoms with Crippen molar-refractivity contribution in [2.45, 2.75) is 17.7 Å². The highest BCUT2D eigenvalue weighted by atomic mass is 32.2. The highest BCUT2D eigenvalue weighted by Crippen LogP contribution is 2.25. The van der Waals surface area contributed by atoms with Crippen LogP contribution in [0.1, 0.15) is 12.8 Å². The van der Waals surface area contributed by atoms with Gasteiger partial charge in [-0.15, -0.1) is 0 Å². The molecule has 0 spiro atoms. The zero-order valence-electron chi connectivity index (χ0n) is 13.2. The molecule has 1 saturated heterocycles. The van der Waals surface area contributed by atoms with Crippen LogP contribution < -0.4 is 15.8 Å². The number of hydrogen-bond donors (Lipinski definition) is 2. The number of benzene rings is 1. The first-order chi connectivity index (χ1) is 11.0. The maximum absolute atomic E-state index is 12.6. The molecule has 128 valence electrons. The second-order valence-corrected chi connectivity index (χ2v) is 7.37. The topological polar surface area (TPSA) is 102 Å². The summed E-state index contributed by atoms with van der Waals surface area (Å²) in [4.78, 5) is 12.1. The molecule has 1 aliphatic rings. The molecular weight excluding hydrogens is 318 g/mol. The Balaban J connectivity index is 1.99. The summed E-state index contributed by atoms with van der Waals surface area (Å²) in [5.74, 6) is 0.417. The van der Waals surface area contributed by atoms with E-state index in [9.17, 15) is 13.2 Å². The molecule has 1 heterocycles. The predicted octanol–water partition coefficient (Wildman–Crippen LogP) is 0.171. The molecule has 3 N–H and O–H groups in total. The van der Waals surface area contributed by atoms with Crippen molar-refractivity contribution in [3.05, 3.63) is 24.3 Å². The number of rotatable bonds is 6. The molecule has 1 aliphatic heterocycles. The van der Waals surface area contributed by atoms with Crippen LogP contribution in [0, 0.1) is 5.92 Å². The van der Waals surface area contributed by atoms with E-state index in [1.54, 1.807) is 12.1 Å². The lowest BCUT2D eigenvalue weighted by Gasteiger charge is -2.30. The van der Waals surface area contributed by atoms with Gasteiger partial charge in [-0.2, -0.15) is 4.31 Å². The number of nitrogens with zero attached hydrogens (tertiary/aromatic N) is 1. The van der Waals surface area contributed by atoms with E-state index in [1.165, 1.54) is 23.5 Å². The molecule has 1 amide bonds. The summed E-state index contributed by atoms with van der Waals surface area (Å²) in [6.07, 6.45) is 1.04. The average Bonchev–Trinajstić information content (AvgIpc) is 2.59. The molecule has 0 aromatic heterocycles. The number of methoxy groups -OCH3 is 1.